The van der Waals surface area contributed by atoms with Crippen molar-refractivity contribution in [2.75, 3.05) is 4.90 Å². The van der Waals surface area contributed by atoms with Crippen molar-refractivity contribution in [1.82, 2.24) is 0 Å². The molecule has 0 atom stereocenters. The molecule has 0 saturated heterocycles. The minimum atomic E-state index is -0.174. The van der Waals surface area contributed by atoms with E-state index in [-0.39, 0.29) is 5.41 Å². The van der Waals surface area contributed by atoms with E-state index < -0.39 is 0 Å². The topological polar surface area (TPSA) is 3.24 Å². The van der Waals surface area contributed by atoms with Gasteiger partial charge in [0.15, 0.2) is 0 Å². The smallest absolute Gasteiger partial charge is 0.0546 e. The minimum Gasteiger partial charge on any atom is -0.310 e. The molecule has 8 aromatic carbocycles. The quantitative estimate of drug-likeness (QED) is 0.158. The summed E-state index contributed by atoms with van der Waals surface area (Å²) < 4.78 is 0. The molecule has 0 radical (unpaired) electrons. The molecule has 0 heterocycles. The van der Waals surface area contributed by atoms with Gasteiger partial charge in [-0.1, -0.05) is 179 Å². The molecule has 0 spiro atoms. The molecule has 1 heteroatoms. The third-order valence-electron chi connectivity index (χ3n) is 13.0. The Kier molecular flexibility index (Phi) is 8.90. The maximum absolute atomic E-state index is 2.50. The predicted octanol–water partition coefficient (Wildman–Crippen LogP) is 16.0. The monoisotopic (exact) mass is 735 g/mol. The molecule has 8 aromatic rings. The first-order valence-electron chi connectivity index (χ1n) is 20.9. The van der Waals surface area contributed by atoms with Crippen molar-refractivity contribution >= 4 is 27.8 Å². The van der Waals surface area contributed by atoms with Gasteiger partial charge < -0.3 is 4.90 Å². The lowest BCUT2D eigenvalue weighted by atomic mass is 9.81. The predicted molar refractivity (Wildman–Crippen MR) is 243 cm³/mol. The van der Waals surface area contributed by atoms with Gasteiger partial charge >= 0.3 is 0 Å². The highest BCUT2D eigenvalue weighted by atomic mass is 15.1. The molecule has 0 aliphatic heterocycles. The first-order valence-corrected chi connectivity index (χ1v) is 20.9. The van der Waals surface area contributed by atoms with Gasteiger partial charge in [0.25, 0.3) is 0 Å². The number of benzene rings is 8. The van der Waals surface area contributed by atoms with Crippen LogP contribution in [0.1, 0.15) is 74.1 Å². The van der Waals surface area contributed by atoms with E-state index in [1.807, 2.05) is 0 Å². The lowest BCUT2D eigenvalue weighted by molar-refractivity contribution is 0.443. The van der Waals surface area contributed by atoms with E-state index in [4.69, 9.17) is 0 Å². The summed E-state index contributed by atoms with van der Waals surface area (Å²) in [6, 6.07) is 65.9. The van der Waals surface area contributed by atoms with Gasteiger partial charge in [0.05, 0.1) is 5.69 Å². The summed E-state index contributed by atoms with van der Waals surface area (Å²) in [7, 11) is 0. The van der Waals surface area contributed by atoms with E-state index in [1.165, 1.54) is 115 Å². The zero-order chi connectivity index (χ0) is 38.5. The summed E-state index contributed by atoms with van der Waals surface area (Å²) in [6.45, 7) is 7.02. The van der Waals surface area contributed by atoms with Crippen molar-refractivity contribution in [3.05, 3.63) is 198 Å². The third kappa shape index (κ3) is 6.18. The van der Waals surface area contributed by atoms with Gasteiger partial charge in [-0.25, -0.2) is 0 Å². The Morgan fingerprint density at radius 2 is 1.14 bits per heavy atom. The summed E-state index contributed by atoms with van der Waals surface area (Å²) in [5, 5.41) is 2.50. The van der Waals surface area contributed by atoms with E-state index in [9.17, 15) is 0 Å². The van der Waals surface area contributed by atoms with Gasteiger partial charge in [-0.2, -0.15) is 0 Å². The van der Waals surface area contributed by atoms with Gasteiger partial charge in [0, 0.05) is 22.4 Å². The van der Waals surface area contributed by atoms with Crippen molar-refractivity contribution in [1.29, 1.82) is 0 Å². The Morgan fingerprint density at radius 1 is 0.474 bits per heavy atom. The fourth-order valence-corrected chi connectivity index (χ4v) is 9.97. The molecule has 1 saturated carbocycles. The van der Waals surface area contributed by atoms with E-state index >= 15 is 0 Å². The molecule has 2 aliphatic carbocycles. The van der Waals surface area contributed by atoms with E-state index in [0.717, 1.165) is 11.4 Å². The van der Waals surface area contributed by atoms with Crippen LogP contribution in [0, 0.1) is 6.92 Å². The van der Waals surface area contributed by atoms with Crippen LogP contribution in [0.5, 0.6) is 0 Å². The summed E-state index contributed by atoms with van der Waals surface area (Å²) in [4.78, 5) is 2.50. The van der Waals surface area contributed by atoms with Crippen LogP contribution in [0.15, 0.2) is 176 Å². The Labute approximate surface area is 338 Å². The molecule has 57 heavy (non-hydrogen) atoms. The first kappa shape index (κ1) is 35.2. The number of nitrogens with zero attached hydrogens (tertiary/aromatic N) is 1. The number of anilines is 3. The van der Waals surface area contributed by atoms with Gasteiger partial charge in [-0.3, -0.25) is 0 Å². The SMILES string of the molecule is Cc1ccccc1-c1c(N(c2ccc(-c3ccc(C4CCCCC4)cc3)cc2)c2ccc3c(c2)C(C)(C)c2cccc(-c4ccccc4)c2-3)ccc2ccccc12. The molecule has 0 amide bonds. The lowest BCUT2D eigenvalue weighted by Crippen LogP contribution is -2.17. The molecule has 278 valence electrons. The van der Waals surface area contributed by atoms with Crippen LogP contribution in [-0.4, -0.2) is 0 Å². The van der Waals surface area contributed by atoms with Gasteiger partial charge in [-0.15, -0.1) is 0 Å². The Morgan fingerprint density at radius 3 is 1.91 bits per heavy atom. The maximum atomic E-state index is 2.50. The van der Waals surface area contributed by atoms with Crippen LogP contribution in [0.4, 0.5) is 17.1 Å². The molecule has 0 aromatic heterocycles. The van der Waals surface area contributed by atoms with Crippen molar-refractivity contribution in [2.45, 2.75) is 64.2 Å². The number of aryl methyl sites for hydroxylation is 1. The van der Waals surface area contributed by atoms with Crippen LogP contribution in [0.2, 0.25) is 0 Å². The van der Waals surface area contributed by atoms with Crippen molar-refractivity contribution < 1.29 is 0 Å². The maximum Gasteiger partial charge on any atom is 0.0546 e. The molecule has 10 rings (SSSR count). The highest BCUT2D eigenvalue weighted by Gasteiger charge is 2.37. The molecule has 1 nitrogen and oxygen atoms in total. The van der Waals surface area contributed by atoms with E-state index in [2.05, 4.69) is 202 Å². The molecule has 2 aliphatic rings. The van der Waals surface area contributed by atoms with Crippen LogP contribution in [0.3, 0.4) is 0 Å². The van der Waals surface area contributed by atoms with Gasteiger partial charge in [-0.05, 0) is 128 Å². The fourth-order valence-electron chi connectivity index (χ4n) is 9.97. The van der Waals surface area contributed by atoms with Crippen molar-refractivity contribution in [2.24, 2.45) is 0 Å². The normalized spacial score (nSPS) is 14.6. The van der Waals surface area contributed by atoms with Gasteiger partial charge in [0.1, 0.15) is 0 Å². The Balaban J connectivity index is 1.14. The van der Waals surface area contributed by atoms with Crippen LogP contribution >= 0.6 is 0 Å². The van der Waals surface area contributed by atoms with Crippen LogP contribution in [0.25, 0.3) is 55.3 Å². The molecule has 0 N–H and O–H groups in total. The minimum absolute atomic E-state index is 0.174. The zero-order valence-corrected chi connectivity index (χ0v) is 33.3. The number of rotatable bonds is 7. The Hall–Kier alpha value is -6.18. The highest BCUT2D eigenvalue weighted by molar-refractivity contribution is 6.06. The van der Waals surface area contributed by atoms with Crippen molar-refractivity contribution in [3.8, 4) is 44.5 Å². The second kappa shape index (κ2) is 14.4. The second-order valence-corrected chi connectivity index (χ2v) is 16.8. The van der Waals surface area contributed by atoms with Crippen LogP contribution in [-0.2, 0) is 5.41 Å². The molecule has 1 fully saturated rings. The first-order chi connectivity index (χ1) is 28.0. The highest BCUT2D eigenvalue weighted by Crippen LogP contribution is 2.54. The average molecular weight is 736 g/mol. The van der Waals surface area contributed by atoms with E-state index in [0.29, 0.717) is 5.92 Å². The molecular weight excluding hydrogens is 687 g/mol. The number of hydrogen-bond donors (Lipinski definition) is 0. The largest absolute Gasteiger partial charge is 0.310 e. The zero-order valence-electron chi connectivity index (χ0n) is 33.3. The Bertz CT molecular complexity index is 2730. The number of fused-ring (bicyclic) bond motifs is 4. The summed E-state index contributed by atoms with van der Waals surface area (Å²) in [5.41, 5.74) is 19.0. The van der Waals surface area contributed by atoms with Crippen molar-refractivity contribution in [3.63, 3.8) is 0 Å². The summed E-state index contributed by atoms with van der Waals surface area (Å²) >= 11 is 0. The molecule has 0 bridgehead atoms. The average Bonchev–Trinajstić information content (AvgIpc) is 3.50. The fraction of sp³-hybridized carbons (Fsp3) is 0.179. The standard InChI is InChI=1S/C56H49N/c1-38-15-10-12-21-47(38)55-49-22-13-11-20-44(49)31-36-53(55)57(45-32-29-42(30-33-45)41-27-25-40(26-28-41)39-16-6-4-7-17-39)46-34-35-50-52(37-46)56(2,3)51-24-14-23-48(54(50)51)43-18-8-5-9-19-43/h5,8-15,18-37,39H,4,6-7,16-17H2,1-3H3. The summed E-state index contributed by atoms with van der Waals surface area (Å²) in [5.74, 6) is 0.711. The summed E-state index contributed by atoms with van der Waals surface area (Å²) in [6.07, 6.45) is 6.75. The molecule has 0 unspecified atom stereocenters. The van der Waals surface area contributed by atoms with Crippen LogP contribution < -0.4 is 4.90 Å². The number of hydrogen-bond acceptors (Lipinski definition) is 1. The third-order valence-corrected chi connectivity index (χ3v) is 13.0. The van der Waals surface area contributed by atoms with Gasteiger partial charge in [0.2, 0.25) is 0 Å². The lowest BCUT2D eigenvalue weighted by Gasteiger charge is -2.31. The molecular formula is C56H49N. The second-order valence-electron chi connectivity index (χ2n) is 16.8. The van der Waals surface area contributed by atoms with E-state index in [1.54, 1.807) is 0 Å².